The zero-order valence-corrected chi connectivity index (χ0v) is 16.0. The van der Waals surface area contributed by atoms with E-state index in [0.29, 0.717) is 23.7 Å². The molecule has 2 atom stereocenters. The minimum Gasteiger partial charge on any atom is -0.347 e. The molecule has 6 nitrogen and oxygen atoms in total. The number of hydrogen-bond donors (Lipinski definition) is 1. The number of nitrogens with zero attached hydrogens (tertiary/aromatic N) is 4. The van der Waals surface area contributed by atoms with Crippen molar-refractivity contribution in [3.63, 3.8) is 0 Å². The predicted octanol–water partition coefficient (Wildman–Crippen LogP) is 2.23. The van der Waals surface area contributed by atoms with Gasteiger partial charge in [-0.05, 0) is 55.0 Å². The standard InChI is InChI=1S/C19H25N5OS/c1-12-5-6-26-16(12)11-23-8-13-7-17-21-22-18(24(17)10-14(13)9-23)19(25)20-15-3-2-4-15/h5-6,13-15H,2-4,7-11H2,1H3,(H,20,25)/t13-,14+/m0/s1. The van der Waals surface area contributed by atoms with Gasteiger partial charge in [-0.2, -0.15) is 0 Å². The lowest BCUT2D eigenvalue weighted by atomic mass is 9.89. The van der Waals surface area contributed by atoms with Crippen LogP contribution in [-0.2, 0) is 19.5 Å². The Morgan fingerprint density at radius 3 is 2.85 bits per heavy atom. The molecule has 2 fully saturated rings. The Morgan fingerprint density at radius 1 is 1.27 bits per heavy atom. The highest BCUT2D eigenvalue weighted by molar-refractivity contribution is 7.10. The molecule has 5 rings (SSSR count). The molecule has 1 saturated carbocycles. The summed E-state index contributed by atoms with van der Waals surface area (Å²) in [7, 11) is 0. The molecule has 4 heterocycles. The normalized spacial score (nSPS) is 25.6. The summed E-state index contributed by atoms with van der Waals surface area (Å²) in [6.07, 6.45) is 4.34. The highest BCUT2D eigenvalue weighted by Crippen LogP contribution is 2.34. The van der Waals surface area contributed by atoms with Crippen molar-refractivity contribution in [3.8, 4) is 0 Å². The zero-order chi connectivity index (χ0) is 17.7. The van der Waals surface area contributed by atoms with Crippen molar-refractivity contribution in [1.29, 1.82) is 0 Å². The van der Waals surface area contributed by atoms with E-state index in [-0.39, 0.29) is 5.91 Å². The van der Waals surface area contributed by atoms with Crippen LogP contribution in [0.4, 0.5) is 0 Å². The summed E-state index contributed by atoms with van der Waals surface area (Å²) in [4.78, 5) is 16.6. The first kappa shape index (κ1) is 16.4. The fourth-order valence-corrected chi connectivity index (χ4v) is 5.44. The van der Waals surface area contributed by atoms with E-state index in [1.165, 1.54) is 16.9 Å². The molecule has 7 heteroatoms. The molecular weight excluding hydrogens is 346 g/mol. The molecule has 2 aromatic rings. The summed E-state index contributed by atoms with van der Waals surface area (Å²) in [5.74, 6) is 2.68. The highest BCUT2D eigenvalue weighted by Gasteiger charge is 2.39. The summed E-state index contributed by atoms with van der Waals surface area (Å²) in [5.41, 5.74) is 1.40. The first-order chi connectivity index (χ1) is 12.7. The van der Waals surface area contributed by atoms with Gasteiger partial charge in [0.2, 0.25) is 5.82 Å². The second kappa shape index (κ2) is 6.46. The summed E-state index contributed by atoms with van der Waals surface area (Å²) < 4.78 is 2.08. The van der Waals surface area contributed by atoms with Crippen LogP contribution in [0.3, 0.4) is 0 Å². The van der Waals surface area contributed by atoms with Gasteiger partial charge in [-0.25, -0.2) is 0 Å². The second-order valence-corrected chi connectivity index (χ2v) is 9.10. The maximum atomic E-state index is 12.5. The number of amides is 1. The van der Waals surface area contributed by atoms with Gasteiger partial charge in [0.05, 0.1) is 0 Å². The topological polar surface area (TPSA) is 63.1 Å². The molecular formula is C19H25N5OS. The third kappa shape index (κ3) is 2.87. The number of hydrogen-bond acceptors (Lipinski definition) is 5. The quantitative estimate of drug-likeness (QED) is 0.895. The van der Waals surface area contributed by atoms with Crippen LogP contribution < -0.4 is 5.32 Å². The molecule has 138 valence electrons. The summed E-state index contributed by atoms with van der Waals surface area (Å²) in [6.45, 7) is 6.34. The molecule has 0 unspecified atom stereocenters. The Kier molecular flexibility index (Phi) is 4.09. The van der Waals surface area contributed by atoms with E-state index in [9.17, 15) is 4.79 Å². The number of carbonyl (C=O) groups excluding carboxylic acids is 1. The molecule has 0 radical (unpaired) electrons. The molecule has 0 aromatic carbocycles. The van der Waals surface area contributed by atoms with Crippen molar-refractivity contribution >= 4 is 17.2 Å². The second-order valence-electron chi connectivity index (χ2n) is 8.10. The minimum atomic E-state index is -0.0454. The van der Waals surface area contributed by atoms with E-state index in [1.54, 1.807) is 0 Å². The number of likely N-dealkylation sites (tertiary alicyclic amines) is 1. The van der Waals surface area contributed by atoms with Crippen LogP contribution in [0, 0.1) is 18.8 Å². The predicted molar refractivity (Wildman–Crippen MR) is 100 cm³/mol. The van der Waals surface area contributed by atoms with Crippen LogP contribution in [0.2, 0.25) is 0 Å². The molecule has 3 aliphatic rings. The number of rotatable bonds is 4. The maximum absolute atomic E-state index is 12.5. The van der Waals surface area contributed by atoms with Gasteiger partial charge in [0.15, 0.2) is 0 Å². The molecule has 1 saturated heterocycles. The Labute approximate surface area is 157 Å². The molecule has 1 N–H and O–H groups in total. The van der Waals surface area contributed by atoms with E-state index < -0.39 is 0 Å². The average molecular weight is 372 g/mol. The molecule has 1 amide bonds. The van der Waals surface area contributed by atoms with Crippen LogP contribution in [0.5, 0.6) is 0 Å². The van der Waals surface area contributed by atoms with Crippen molar-refractivity contribution < 1.29 is 4.79 Å². The lowest BCUT2D eigenvalue weighted by Crippen LogP contribution is -2.41. The highest BCUT2D eigenvalue weighted by atomic mass is 32.1. The van der Waals surface area contributed by atoms with E-state index in [1.807, 2.05) is 11.3 Å². The van der Waals surface area contributed by atoms with Gasteiger partial charge in [0.1, 0.15) is 5.82 Å². The third-order valence-corrected chi connectivity index (χ3v) is 7.33. The number of aryl methyl sites for hydroxylation is 1. The molecule has 2 aliphatic heterocycles. The zero-order valence-electron chi connectivity index (χ0n) is 15.1. The third-order valence-electron chi connectivity index (χ3n) is 6.32. The fraction of sp³-hybridized carbons (Fsp3) is 0.632. The largest absolute Gasteiger partial charge is 0.347 e. The number of aromatic nitrogens is 3. The van der Waals surface area contributed by atoms with Gasteiger partial charge >= 0.3 is 0 Å². The summed E-state index contributed by atoms with van der Waals surface area (Å²) >= 11 is 1.86. The molecule has 0 bridgehead atoms. The van der Waals surface area contributed by atoms with Gasteiger partial charge in [0, 0.05) is 43.5 Å². The van der Waals surface area contributed by atoms with E-state index in [0.717, 1.165) is 51.3 Å². The smallest absolute Gasteiger partial charge is 0.289 e. The lowest BCUT2D eigenvalue weighted by molar-refractivity contribution is 0.0898. The number of nitrogens with one attached hydrogen (secondary N) is 1. The SMILES string of the molecule is Cc1ccsc1CN1C[C@@H]2Cn3c(nnc3C(=O)NC3CCC3)C[C@H]2C1. The van der Waals surface area contributed by atoms with Crippen molar-refractivity contribution in [3.05, 3.63) is 33.5 Å². The van der Waals surface area contributed by atoms with Crippen LogP contribution in [0.1, 0.15) is 46.1 Å². The van der Waals surface area contributed by atoms with E-state index >= 15 is 0 Å². The van der Waals surface area contributed by atoms with Crippen LogP contribution in [0.15, 0.2) is 11.4 Å². The molecule has 2 aromatic heterocycles. The monoisotopic (exact) mass is 371 g/mol. The Bertz CT molecular complexity index is 824. The Hall–Kier alpha value is -1.73. The summed E-state index contributed by atoms with van der Waals surface area (Å²) in [5, 5.41) is 13.8. The van der Waals surface area contributed by atoms with Gasteiger partial charge in [-0.15, -0.1) is 21.5 Å². The van der Waals surface area contributed by atoms with Gasteiger partial charge in [-0.1, -0.05) is 0 Å². The number of thiophene rings is 1. The Morgan fingerprint density at radius 2 is 2.12 bits per heavy atom. The molecule has 26 heavy (non-hydrogen) atoms. The lowest BCUT2D eigenvalue weighted by Gasteiger charge is -2.28. The van der Waals surface area contributed by atoms with E-state index in [2.05, 4.69) is 43.4 Å². The number of fused-ring (bicyclic) bond motifs is 2. The van der Waals surface area contributed by atoms with Crippen molar-refractivity contribution in [1.82, 2.24) is 25.0 Å². The van der Waals surface area contributed by atoms with E-state index in [4.69, 9.17) is 0 Å². The minimum absolute atomic E-state index is 0.0454. The van der Waals surface area contributed by atoms with Gasteiger partial charge < -0.3 is 9.88 Å². The summed E-state index contributed by atoms with van der Waals surface area (Å²) in [6, 6.07) is 2.54. The first-order valence-corrected chi connectivity index (χ1v) is 10.5. The maximum Gasteiger partial charge on any atom is 0.289 e. The average Bonchev–Trinajstić information content (AvgIpc) is 3.27. The fourth-order valence-electron chi connectivity index (χ4n) is 4.49. The van der Waals surface area contributed by atoms with Crippen molar-refractivity contribution in [2.24, 2.45) is 11.8 Å². The van der Waals surface area contributed by atoms with Crippen molar-refractivity contribution in [2.45, 2.75) is 51.7 Å². The number of carbonyl (C=O) groups is 1. The Balaban J connectivity index is 1.28. The van der Waals surface area contributed by atoms with Gasteiger partial charge in [-0.3, -0.25) is 9.69 Å². The van der Waals surface area contributed by atoms with Gasteiger partial charge in [0.25, 0.3) is 5.91 Å². The molecule has 0 spiro atoms. The van der Waals surface area contributed by atoms with Crippen LogP contribution in [-0.4, -0.2) is 44.7 Å². The first-order valence-electron chi connectivity index (χ1n) is 9.65. The van der Waals surface area contributed by atoms with Crippen LogP contribution in [0.25, 0.3) is 0 Å². The molecule has 1 aliphatic carbocycles. The van der Waals surface area contributed by atoms with Crippen LogP contribution >= 0.6 is 11.3 Å². The van der Waals surface area contributed by atoms with Crippen molar-refractivity contribution in [2.75, 3.05) is 13.1 Å².